The Kier molecular flexibility index (Phi) is 5.33. The number of hydrogen-bond acceptors (Lipinski definition) is 6. The van der Waals surface area contributed by atoms with Gasteiger partial charge in [-0.1, -0.05) is 11.8 Å². The van der Waals surface area contributed by atoms with Crippen molar-refractivity contribution >= 4 is 23.6 Å². The summed E-state index contributed by atoms with van der Waals surface area (Å²) in [4.78, 5) is 26.3. The standard InChI is InChI=1S/C16H26N6O2S/c1-4-22-11(2)19-20-15(22)25-6-5-18-14(24)16-9-17-7-13(16)8-21(10-16)12(3)23/h13,17H,4-10H2,1-3H3,(H,18,24). The van der Waals surface area contributed by atoms with E-state index in [1.807, 2.05) is 6.92 Å². The van der Waals surface area contributed by atoms with E-state index < -0.39 is 5.41 Å². The molecule has 0 radical (unpaired) electrons. The van der Waals surface area contributed by atoms with Crippen LogP contribution in [0.3, 0.4) is 0 Å². The molecule has 8 nitrogen and oxygen atoms in total. The molecule has 0 bridgehead atoms. The number of thioether (sulfide) groups is 1. The fourth-order valence-corrected chi connectivity index (χ4v) is 4.70. The number of carbonyl (C=O) groups is 2. The molecule has 3 rings (SSSR count). The van der Waals surface area contributed by atoms with Crippen LogP contribution >= 0.6 is 11.8 Å². The lowest BCUT2D eigenvalue weighted by Crippen LogP contribution is -2.48. The van der Waals surface area contributed by atoms with Gasteiger partial charge in [-0.2, -0.15) is 0 Å². The fourth-order valence-electron chi connectivity index (χ4n) is 3.80. The summed E-state index contributed by atoms with van der Waals surface area (Å²) in [5, 5.41) is 15.5. The average Bonchev–Trinajstić information content (AvgIpc) is 3.23. The zero-order valence-electron chi connectivity index (χ0n) is 15.0. The Morgan fingerprint density at radius 1 is 1.44 bits per heavy atom. The number of aromatic nitrogens is 3. The third-order valence-electron chi connectivity index (χ3n) is 5.26. The third-order valence-corrected chi connectivity index (χ3v) is 6.23. The minimum absolute atomic E-state index is 0.0476. The summed E-state index contributed by atoms with van der Waals surface area (Å²) < 4.78 is 2.06. The van der Waals surface area contributed by atoms with E-state index in [-0.39, 0.29) is 17.7 Å². The third kappa shape index (κ3) is 3.39. The second-order valence-corrected chi connectivity index (χ2v) is 7.82. The van der Waals surface area contributed by atoms with Gasteiger partial charge in [0.05, 0.1) is 5.41 Å². The topological polar surface area (TPSA) is 92.2 Å². The molecule has 2 amide bonds. The molecule has 3 heterocycles. The van der Waals surface area contributed by atoms with Crippen LogP contribution < -0.4 is 10.6 Å². The van der Waals surface area contributed by atoms with E-state index in [4.69, 9.17) is 0 Å². The number of likely N-dealkylation sites (tertiary alicyclic amines) is 1. The zero-order chi connectivity index (χ0) is 18.0. The lowest BCUT2D eigenvalue weighted by molar-refractivity contribution is -0.132. The van der Waals surface area contributed by atoms with Crippen molar-refractivity contribution in [3.05, 3.63) is 5.82 Å². The highest BCUT2D eigenvalue weighted by Crippen LogP contribution is 2.39. The van der Waals surface area contributed by atoms with Crippen LogP contribution in [0.1, 0.15) is 19.7 Å². The van der Waals surface area contributed by atoms with Crippen LogP contribution in [0, 0.1) is 18.3 Å². The van der Waals surface area contributed by atoms with Gasteiger partial charge in [-0.25, -0.2) is 0 Å². The second kappa shape index (κ2) is 7.33. The number of aryl methyl sites for hydroxylation is 1. The van der Waals surface area contributed by atoms with Crippen molar-refractivity contribution in [2.75, 3.05) is 38.5 Å². The van der Waals surface area contributed by atoms with Gasteiger partial charge in [0, 0.05) is 57.9 Å². The highest BCUT2D eigenvalue weighted by atomic mass is 32.2. The summed E-state index contributed by atoms with van der Waals surface area (Å²) in [5.41, 5.74) is -0.476. The molecule has 2 saturated heterocycles. The summed E-state index contributed by atoms with van der Waals surface area (Å²) >= 11 is 1.60. The van der Waals surface area contributed by atoms with Gasteiger partial charge in [0.15, 0.2) is 5.16 Å². The van der Waals surface area contributed by atoms with Gasteiger partial charge in [-0.05, 0) is 13.8 Å². The predicted molar refractivity (Wildman–Crippen MR) is 95.2 cm³/mol. The van der Waals surface area contributed by atoms with Gasteiger partial charge in [0.2, 0.25) is 11.8 Å². The first kappa shape index (κ1) is 18.2. The van der Waals surface area contributed by atoms with Gasteiger partial charge in [-0.3, -0.25) is 9.59 Å². The van der Waals surface area contributed by atoms with E-state index in [9.17, 15) is 9.59 Å². The predicted octanol–water partition coefficient (Wildman–Crippen LogP) is -0.117. The van der Waals surface area contributed by atoms with Crippen molar-refractivity contribution < 1.29 is 9.59 Å². The Balaban J connectivity index is 1.53. The van der Waals surface area contributed by atoms with Crippen molar-refractivity contribution in [1.82, 2.24) is 30.3 Å². The summed E-state index contributed by atoms with van der Waals surface area (Å²) in [6.07, 6.45) is 0. The Bertz CT molecular complexity index is 663. The first-order valence-corrected chi connectivity index (χ1v) is 9.73. The van der Waals surface area contributed by atoms with Gasteiger partial charge in [0.1, 0.15) is 5.82 Å². The van der Waals surface area contributed by atoms with Crippen molar-refractivity contribution in [1.29, 1.82) is 0 Å². The molecule has 2 unspecified atom stereocenters. The van der Waals surface area contributed by atoms with Crippen LogP contribution in [0.5, 0.6) is 0 Å². The van der Waals surface area contributed by atoms with Crippen molar-refractivity contribution in [2.45, 2.75) is 32.5 Å². The molecule has 138 valence electrons. The highest BCUT2D eigenvalue weighted by Gasteiger charge is 2.55. The zero-order valence-corrected chi connectivity index (χ0v) is 15.9. The Morgan fingerprint density at radius 3 is 2.96 bits per heavy atom. The smallest absolute Gasteiger partial charge is 0.229 e. The fraction of sp³-hybridized carbons (Fsp3) is 0.750. The van der Waals surface area contributed by atoms with E-state index in [1.165, 1.54) is 0 Å². The summed E-state index contributed by atoms with van der Waals surface area (Å²) in [5.74, 6) is 1.96. The first-order valence-electron chi connectivity index (χ1n) is 8.75. The molecule has 9 heteroatoms. The number of nitrogens with one attached hydrogen (secondary N) is 2. The summed E-state index contributed by atoms with van der Waals surface area (Å²) in [6.45, 7) is 9.62. The molecule has 2 N–H and O–H groups in total. The Hall–Kier alpha value is -1.61. The van der Waals surface area contributed by atoms with Crippen LogP contribution in [0.25, 0.3) is 0 Å². The highest BCUT2D eigenvalue weighted by molar-refractivity contribution is 7.99. The number of hydrogen-bond donors (Lipinski definition) is 2. The molecule has 1 aromatic rings. The van der Waals surface area contributed by atoms with Crippen molar-refractivity contribution in [3.8, 4) is 0 Å². The van der Waals surface area contributed by atoms with Crippen LogP contribution in [0.4, 0.5) is 0 Å². The van der Waals surface area contributed by atoms with E-state index >= 15 is 0 Å². The van der Waals surface area contributed by atoms with Gasteiger partial charge >= 0.3 is 0 Å². The normalized spacial score (nSPS) is 25.2. The molecule has 0 spiro atoms. The van der Waals surface area contributed by atoms with E-state index in [1.54, 1.807) is 23.6 Å². The number of amides is 2. The minimum Gasteiger partial charge on any atom is -0.355 e. The lowest BCUT2D eigenvalue weighted by Gasteiger charge is -2.26. The minimum atomic E-state index is -0.476. The first-order chi connectivity index (χ1) is 12.0. The maximum atomic E-state index is 12.8. The van der Waals surface area contributed by atoms with Gasteiger partial charge < -0.3 is 20.1 Å². The number of fused-ring (bicyclic) bond motifs is 1. The number of nitrogens with zero attached hydrogens (tertiary/aromatic N) is 4. The van der Waals surface area contributed by atoms with Crippen LogP contribution in [0.15, 0.2) is 5.16 Å². The molecule has 1 aromatic heterocycles. The molecule has 25 heavy (non-hydrogen) atoms. The SMILES string of the molecule is CCn1c(C)nnc1SCCNC(=O)C12CNCC1CN(C(C)=O)C2. The van der Waals surface area contributed by atoms with Gasteiger partial charge in [-0.15, -0.1) is 10.2 Å². The van der Waals surface area contributed by atoms with Crippen LogP contribution in [0.2, 0.25) is 0 Å². The van der Waals surface area contributed by atoms with Crippen LogP contribution in [-0.4, -0.2) is 70.0 Å². The maximum Gasteiger partial charge on any atom is 0.229 e. The number of rotatable bonds is 6. The molecule has 2 aliphatic rings. The maximum absolute atomic E-state index is 12.8. The van der Waals surface area contributed by atoms with Crippen molar-refractivity contribution in [2.24, 2.45) is 11.3 Å². The Labute approximate surface area is 152 Å². The van der Waals surface area contributed by atoms with Crippen LogP contribution in [-0.2, 0) is 16.1 Å². The quantitative estimate of drug-likeness (QED) is 0.539. The largest absolute Gasteiger partial charge is 0.355 e. The summed E-state index contributed by atoms with van der Waals surface area (Å²) in [6, 6.07) is 0. The van der Waals surface area contributed by atoms with E-state index in [2.05, 4.69) is 32.3 Å². The molecule has 2 atom stereocenters. The molecule has 2 fully saturated rings. The van der Waals surface area contributed by atoms with Gasteiger partial charge in [0.25, 0.3) is 0 Å². The number of carbonyl (C=O) groups excluding carboxylic acids is 2. The second-order valence-electron chi connectivity index (χ2n) is 6.76. The Morgan fingerprint density at radius 2 is 2.24 bits per heavy atom. The molecule has 0 aliphatic carbocycles. The molecule has 0 saturated carbocycles. The van der Waals surface area contributed by atoms with E-state index in [0.717, 1.165) is 29.8 Å². The average molecular weight is 366 g/mol. The monoisotopic (exact) mass is 366 g/mol. The molecule has 0 aromatic carbocycles. The summed E-state index contributed by atoms with van der Waals surface area (Å²) in [7, 11) is 0. The molecular formula is C16H26N6O2S. The van der Waals surface area contributed by atoms with Crippen molar-refractivity contribution in [3.63, 3.8) is 0 Å². The van der Waals surface area contributed by atoms with E-state index in [0.29, 0.717) is 26.2 Å². The lowest BCUT2D eigenvalue weighted by atomic mass is 9.80. The molecule has 2 aliphatic heterocycles. The molecular weight excluding hydrogens is 340 g/mol.